The Kier molecular flexibility index (Phi) is 9.35. The number of amides is 2. The second-order valence-electron chi connectivity index (χ2n) is 8.73. The minimum atomic E-state index is -0.428. The molecule has 2 aromatic rings. The first-order chi connectivity index (χ1) is 18.3. The van der Waals surface area contributed by atoms with Crippen molar-refractivity contribution < 1.29 is 28.7 Å². The first-order valence-electron chi connectivity index (χ1n) is 12.4. The van der Waals surface area contributed by atoms with E-state index in [9.17, 15) is 19.2 Å². The van der Waals surface area contributed by atoms with E-state index in [0.717, 1.165) is 41.7 Å². The molecule has 0 atom stereocenters. The van der Waals surface area contributed by atoms with Crippen molar-refractivity contribution >= 4 is 74.5 Å². The van der Waals surface area contributed by atoms with Crippen LogP contribution in [-0.2, 0) is 31.9 Å². The molecule has 1 aliphatic carbocycles. The number of nitrogens with one attached hydrogen (secondary N) is 1. The second-order valence-corrected chi connectivity index (χ2v) is 11.5. The number of esters is 2. The number of thioether (sulfide) groups is 1. The van der Waals surface area contributed by atoms with Crippen LogP contribution in [0.1, 0.15) is 69.3 Å². The SMILES string of the molecule is CCOC(=O)c1c(NC(=O)CCCN2C(=O)C(=Cc3ccc(C(=O)OC)cc3)SC2=S)sc2c1CCCC2. The molecule has 0 spiro atoms. The highest BCUT2D eigenvalue weighted by atomic mass is 32.2. The number of carbonyl (C=O) groups excluding carboxylic acids is 4. The Bertz CT molecular complexity index is 1300. The Balaban J connectivity index is 1.34. The zero-order valence-electron chi connectivity index (χ0n) is 21.2. The van der Waals surface area contributed by atoms with Crippen molar-refractivity contribution in [3.05, 3.63) is 56.3 Å². The van der Waals surface area contributed by atoms with E-state index < -0.39 is 11.9 Å². The number of nitrogens with zero attached hydrogens (tertiary/aromatic N) is 1. The molecule has 11 heteroatoms. The van der Waals surface area contributed by atoms with E-state index in [4.69, 9.17) is 21.7 Å². The number of thiocarbonyl (C=S) groups is 1. The van der Waals surface area contributed by atoms with Gasteiger partial charge in [0.25, 0.3) is 5.91 Å². The van der Waals surface area contributed by atoms with E-state index in [-0.39, 0.29) is 24.8 Å². The summed E-state index contributed by atoms with van der Waals surface area (Å²) >= 11 is 8.06. The molecule has 0 unspecified atom stereocenters. The van der Waals surface area contributed by atoms with Gasteiger partial charge in [-0.25, -0.2) is 9.59 Å². The fraction of sp³-hybridized carbons (Fsp3) is 0.370. The van der Waals surface area contributed by atoms with Crippen molar-refractivity contribution in [1.29, 1.82) is 0 Å². The molecule has 38 heavy (non-hydrogen) atoms. The van der Waals surface area contributed by atoms with E-state index in [1.807, 2.05) is 0 Å². The molecule has 0 bridgehead atoms. The van der Waals surface area contributed by atoms with Crippen LogP contribution in [0.3, 0.4) is 0 Å². The molecule has 1 aliphatic heterocycles. The third-order valence-corrected chi connectivity index (χ3v) is 8.78. The van der Waals surface area contributed by atoms with Gasteiger partial charge in [0.2, 0.25) is 5.91 Å². The zero-order valence-corrected chi connectivity index (χ0v) is 23.6. The molecular formula is C27H28N2O6S3. The zero-order chi connectivity index (χ0) is 27.2. The van der Waals surface area contributed by atoms with Crippen LogP contribution < -0.4 is 5.32 Å². The lowest BCUT2D eigenvalue weighted by Gasteiger charge is -2.14. The molecule has 1 saturated heterocycles. The standard InChI is InChI=1S/C27H28N2O6S3/c1-3-35-26(33)22-18-7-4-5-8-19(18)37-23(22)28-21(30)9-6-14-29-24(31)20(38-27(29)36)15-16-10-12-17(13-11-16)25(32)34-2/h10-13,15H,3-9,14H2,1-2H3,(H,28,30). The second kappa shape index (κ2) is 12.7. The quantitative estimate of drug-likeness (QED) is 0.248. The van der Waals surface area contributed by atoms with Gasteiger partial charge in [-0.05, 0) is 68.4 Å². The highest BCUT2D eigenvalue weighted by molar-refractivity contribution is 8.26. The van der Waals surface area contributed by atoms with E-state index in [2.05, 4.69) is 5.32 Å². The minimum absolute atomic E-state index is 0.177. The average molecular weight is 573 g/mol. The van der Waals surface area contributed by atoms with Crippen molar-refractivity contribution in [2.45, 2.75) is 45.4 Å². The van der Waals surface area contributed by atoms with Gasteiger partial charge < -0.3 is 14.8 Å². The molecule has 1 fully saturated rings. The summed E-state index contributed by atoms with van der Waals surface area (Å²) in [6.45, 7) is 2.34. The number of ether oxygens (including phenoxy) is 2. The van der Waals surface area contributed by atoms with Gasteiger partial charge in [0.1, 0.15) is 9.32 Å². The number of hydrogen-bond acceptors (Lipinski definition) is 9. The number of anilines is 1. The summed E-state index contributed by atoms with van der Waals surface area (Å²) in [5.74, 6) is -1.26. The van der Waals surface area contributed by atoms with E-state index in [0.29, 0.717) is 38.3 Å². The summed E-state index contributed by atoms with van der Waals surface area (Å²) in [5.41, 5.74) is 2.67. The van der Waals surface area contributed by atoms with Crippen LogP contribution in [-0.4, -0.2) is 53.2 Å². The Labute approximate surface area is 234 Å². The number of benzene rings is 1. The third kappa shape index (κ3) is 6.33. The molecule has 0 saturated carbocycles. The van der Waals surface area contributed by atoms with Crippen LogP contribution in [0.15, 0.2) is 29.2 Å². The Morgan fingerprint density at radius 3 is 2.58 bits per heavy atom. The van der Waals surface area contributed by atoms with Gasteiger partial charge in [-0.2, -0.15) is 0 Å². The molecule has 200 valence electrons. The van der Waals surface area contributed by atoms with Crippen LogP contribution in [0.2, 0.25) is 0 Å². The van der Waals surface area contributed by atoms with Crippen LogP contribution in [0.25, 0.3) is 6.08 Å². The number of methoxy groups -OCH3 is 1. The Morgan fingerprint density at radius 1 is 1.13 bits per heavy atom. The number of fused-ring (bicyclic) bond motifs is 1. The van der Waals surface area contributed by atoms with Crippen LogP contribution in [0.4, 0.5) is 5.00 Å². The summed E-state index contributed by atoms with van der Waals surface area (Å²) in [6, 6.07) is 6.73. The highest BCUT2D eigenvalue weighted by Crippen LogP contribution is 2.39. The molecule has 1 aromatic carbocycles. The molecule has 1 aromatic heterocycles. The number of carbonyl (C=O) groups is 4. The maximum atomic E-state index is 12.9. The third-order valence-electron chi connectivity index (χ3n) is 6.19. The predicted octanol–water partition coefficient (Wildman–Crippen LogP) is 5.21. The van der Waals surface area contributed by atoms with Crippen LogP contribution in [0.5, 0.6) is 0 Å². The van der Waals surface area contributed by atoms with Crippen LogP contribution in [0, 0.1) is 0 Å². The Morgan fingerprint density at radius 2 is 1.87 bits per heavy atom. The normalized spacial score (nSPS) is 15.9. The molecule has 0 radical (unpaired) electrons. The number of hydrogen-bond donors (Lipinski definition) is 1. The first kappa shape index (κ1) is 28.0. The first-order valence-corrected chi connectivity index (χ1v) is 14.4. The number of rotatable bonds is 9. The number of thiophene rings is 1. The summed E-state index contributed by atoms with van der Waals surface area (Å²) in [5, 5.41) is 3.45. The lowest BCUT2D eigenvalue weighted by molar-refractivity contribution is -0.122. The van der Waals surface area contributed by atoms with Crippen LogP contribution >= 0.6 is 35.3 Å². The van der Waals surface area contributed by atoms with E-state index in [1.165, 1.54) is 35.1 Å². The predicted molar refractivity (Wildman–Crippen MR) is 152 cm³/mol. The summed E-state index contributed by atoms with van der Waals surface area (Å²) in [7, 11) is 1.32. The lowest BCUT2D eigenvalue weighted by atomic mass is 9.95. The number of aryl methyl sites for hydroxylation is 1. The Hall–Kier alpha value is -3.02. The molecule has 2 aliphatic rings. The van der Waals surface area contributed by atoms with Crippen molar-refractivity contribution in [1.82, 2.24) is 4.90 Å². The van der Waals surface area contributed by atoms with Gasteiger partial charge >= 0.3 is 11.9 Å². The minimum Gasteiger partial charge on any atom is -0.465 e. The van der Waals surface area contributed by atoms with E-state index >= 15 is 0 Å². The van der Waals surface area contributed by atoms with Gasteiger partial charge in [0, 0.05) is 17.8 Å². The van der Waals surface area contributed by atoms with Crippen molar-refractivity contribution in [2.24, 2.45) is 0 Å². The topological polar surface area (TPSA) is 102 Å². The lowest BCUT2D eigenvalue weighted by Crippen LogP contribution is -2.29. The van der Waals surface area contributed by atoms with Crippen molar-refractivity contribution in [2.75, 3.05) is 25.6 Å². The molecule has 4 rings (SSSR count). The maximum Gasteiger partial charge on any atom is 0.341 e. The molecular weight excluding hydrogens is 545 g/mol. The van der Waals surface area contributed by atoms with Gasteiger partial charge in [-0.15, -0.1) is 11.3 Å². The van der Waals surface area contributed by atoms with Gasteiger partial charge in [0.15, 0.2) is 0 Å². The summed E-state index contributed by atoms with van der Waals surface area (Å²) in [4.78, 5) is 53.0. The average Bonchev–Trinajstić information content (AvgIpc) is 3.40. The molecule has 2 amide bonds. The van der Waals surface area contributed by atoms with Gasteiger partial charge in [0.05, 0.1) is 29.7 Å². The van der Waals surface area contributed by atoms with E-state index in [1.54, 1.807) is 37.3 Å². The maximum absolute atomic E-state index is 12.9. The van der Waals surface area contributed by atoms with Crippen molar-refractivity contribution in [3.63, 3.8) is 0 Å². The fourth-order valence-electron chi connectivity index (χ4n) is 4.34. The monoisotopic (exact) mass is 572 g/mol. The van der Waals surface area contributed by atoms with Gasteiger partial charge in [-0.1, -0.05) is 36.1 Å². The molecule has 8 nitrogen and oxygen atoms in total. The van der Waals surface area contributed by atoms with Gasteiger partial charge in [-0.3, -0.25) is 14.5 Å². The van der Waals surface area contributed by atoms with Crippen molar-refractivity contribution in [3.8, 4) is 0 Å². The summed E-state index contributed by atoms with van der Waals surface area (Å²) < 4.78 is 10.4. The summed E-state index contributed by atoms with van der Waals surface area (Å²) in [6.07, 6.45) is 6.12. The molecule has 2 heterocycles. The largest absolute Gasteiger partial charge is 0.465 e. The molecule has 1 N–H and O–H groups in total. The highest BCUT2D eigenvalue weighted by Gasteiger charge is 2.32. The smallest absolute Gasteiger partial charge is 0.341 e. The fourth-order valence-corrected chi connectivity index (χ4v) is 6.94.